The number of amides is 1. The predicted octanol–water partition coefficient (Wildman–Crippen LogP) is 3.85. The van der Waals surface area contributed by atoms with Crippen molar-refractivity contribution in [2.75, 3.05) is 4.90 Å². The molecular weight excluding hydrogens is 359 g/mol. The van der Waals surface area contributed by atoms with Crippen LogP contribution in [-0.2, 0) is 9.59 Å². The number of carbonyl (C=O) groups excluding carboxylic acids is 2. The number of hydrogen-bond donors (Lipinski definition) is 1. The summed E-state index contributed by atoms with van der Waals surface area (Å²) in [5.41, 5.74) is 1.28. The number of rotatable bonds is 3. The number of nitrogens with zero attached hydrogens (tertiary/aromatic N) is 2. The molecule has 28 heavy (non-hydrogen) atoms. The number of benzene rings is 2. The van der Waals surface area contributed by atoms with Crippen LogP contribution in [0.15, 0.2) is 84.7 Å². The zero-order valence-electron chi connectivity index (χ0n) is 14.6. The van der Waals surface area contributed by atoms with Gasteiger partial charge < -0.3 is 5.11 Å². The molecule has 0 bridgehead atoms. The second-order valence-corrected chi connectivity index (χ2v) is 6.30. The maximum absolute atomic E-state index is 13.4. The fourth-order valence-corrected chi connectivity index (χ4v) is 3.31. The summed E-state index contributed by atoms with van der Waals surface area (Å²) in [6.07, 6.45) is 3.02. The molecule has 0 unspecified atom stereocenters. The first kappa shape index (κ1) is 17.6. The Morgan fingerprint density at radius 2 is 1.68 bits per heavy atom. The van der Waals surface area contributed by atoms with E-state index < -0.39 is 23.5 Å². The molecule has 2 heterocycles. The number of halogens is 1. The minimum Gasteiger partial charge on any atom is -0.507 e. The highest BCUT2D eigenvalue weighted by Crippen LogP contribution is 2.41. The second kappa shape index (κ2) is 7.08. The number of Topliss-reactive ketones (excluding diaryl/α,β-unsaturated/α-hetero) is 1. The van der Waals surface area contributed by atoms with Crippen LogP contribution in [-0.4, -0.2) is 21.8 Å². The summed E-state index contributed by atoms with van der Waals surface area (Å²) in [4.78, 5) is 31.0. The quantitative estimate of drug-likeness (QED) is 0.430. The number of anilines is 1. The van der Waals surface area contributed by atoms with Gasteiger partial charge in [-0.05, 0) is 29.8 Å². The Morgan fingerprint density at radius 1 is 0.964 bits per heavy atom. The largest absolute Gasteiger partial charge is 0.507 e. The van der Waals surface area contributed by atoms with Crippen LogP contribution < -0.4 is 4.90 Å². The van der Waals surface area contributed by atoms with E-state index in [4.69, 9.17) is 0 Å². The molecule has 1 aliphatic heterocycles. The Bertz CT molecular complexity index is 1060. The zero-order chi connectivity index (χ0) is 19.7. The number of hydrogen-bond acceptors (Lipinski definition) is 4. The predicted molar refractivity (Wildman–Crippen MR) is 102 cm³/mol. The molecule has 1 fully saturated rings. The van der Waals surface area contributed by atoms with Crippen LogP contribution in [0.2, 0.25) is 0 Å². The summed E-state index contributed by atoms with van der Waals surface area (Å²) in [6, 6.07) is 16.4. The van der Waals surface area contributed by atoms with Crippen molar-refractivity contribution in [2.24, 2.45) is 0 Å². The van der Waals surface area contributed by atoms with E-state index in [9.17, 15) is 19.1 Å². The summed E-state index contributed by atoms with van der Waals surface area (Å²) >= 11 is 0. The maximum Gasteiger partial charge on any atom is 0.300 e. The third-order valence-corrected chi connectivity index (χ3v) is 4.60. The van der Waals surface area contributed by atoms with Crippen LogP contribution in [0.4, 0.5) is 10.1 Å². The summed E-state index contributed by atoms with van der Waals surface area (Å²) in [7, 11) is 0. The molecule has 6 heteroatoms. The molecule has 0 radical (unpaired) electrons. The first-order valence-corrected chi connectivity index (χ1v) is 8.60. The highest BCUT2D eigenvalue weighted by atomic mass is 19.1. The van der Waals surface area contributed by atoms with Crippen molar-refractivity contribution >= 4 is 23.1 Å². The van der Waals surface area contributed by atoms with Gasteiger partial charge in [0.1, 0.15) is 11.6 Å². The summed E-state index contributed by atoms with van der Waals surface area (Å²) in [5, 5.41) is 10.8. The number of carbonyl (C=O) groups is 2. The van der Waals surface area contributed by atoms with E-state index in [0.717, 1.165) is 0 Å². The monoisotopic (exact) mass is 374 g/mol. The van der Waals surface area contributed by atoms with Gasteiger partial charge in [-0.1, -0.05) is 42.5 Å². The van der Waals surface area contributed by atoms with E-state index in [1.165, 1.54) is 35.4 Å². The molecule has 2 aromatic carbocycles. The van der Waals surface area contributed by atoms with Gasteiger partial charge in [0.2, 0.25) is 0 Å². The van der Waals surface area contributed by atoms with E-state index >= 15 is 0 Å². The van der Waals surface area contributed by atoms with Crippen molar-refractivity contribution in [1.82, 2.24) is 4.98 Å². The molecule has 4 rings (SSSR count). The minimum atomic E-state index is -0.898. The fraction of sp³-hybridized carbons (Fsp3) is 0.0455. The van der Waals surface area contributed by atoms with Gasteiger partial charge >= 0.3 is 0 Å². The van der Waals surface area contributed by atoms with E-state index in [0.29, 0.717) is 16.8 Å². The van der Waals surface area contributed by atoms with Crippen LogP contribution in [0.25, 0.3) is 5.76 Å². The second-order valence-electron chi connectivity index (χ2n) is 6.30. The molecule has 1 aliphatic rings. The van der Waals surface area contributed by atoms with Crippen molar-refractivity contribution < 1.29 is 19.1 Å². The highest BCUT2D eigenvalue weighted by molar-refractivity contribution is 6.51. The Hall–Kier alpha value is -3.80. The van der Waals surface area contributed by atoms with Crippen LogP contribution >= 0.6 is 0 Å². The molecule has 138 valence electrons. The fourth-order valence-electron chi connectivity index (χ4n) is 3.31. The first-order valence-electron chi connectivity index (χ1n) is 8.60. The van der Waals surface area contributed by atoms with Gasteiger partial charge in [-0.2, -0.15) is 0 Å². The van der Waals surface area contributed by atoms with Crippen molar-refractivity contribution in [3.63, 3.8) is 0 Å². The Labute approximate surface area is 160 Å². The third kappa shape index (κ3) is 2.95. The molecule has 1 atom stereocenters. The lowest BCUT2D eigenvalue weighted by Crippen LogP contribution is -2.29. The molecule has 5 nitrogen and oxygen atoms in total. The number of aliphatic hydroxyl groups excluding tert-OH is 1. The van der Waals surface area contributed by atoms with Gasteiger partial charge in [-0.25, -0.2) is 4.39 Å². The lowest BCUT2D eigenvalue weighted by molar-refractivity contribution is -0.132. The van der Waals surface area contributed by atoms with Crippen LogP contribution in [0, 0.1) is 5.82 Å². The van der Waals surface area contributed by atoms with Gasteiger partial charge in [0.25, 0.3) is 11.7 Å². The van der Waals surface area contributed by atoms with Crippen LogP contribution in [0.5, 0.6) is 0 Å². The lowest BCUT2D eigenvalue weighted by Gasteiger charge is -2.25. The van der Waals surface area contributed by atoms with Crippen LogP contribution in [0.3, 0.4) is 0 Å². The number of aromatic nitrogens is 1. The van der Waals surface area contributed by atoms with Gasteiger partial charge in [0, 0.05) is 11.8 Å². The SMILES string of the molecule is O=C1C(=O)N(c2cccnc2)[C@@H](c2ccc(F)cc2)C1=C(O)c1ccccc1. The standard InChI is InChI=1S/C22H15FN2O3/c23-16-10-8-14(9-11-16)19-18(20(26)15-5-2-1-3-6-15)21(27)22(28)25(19)17-7-4-12-24-13-17/h1-13,19,26H/t19-/m0/s1. The van der Waals surface area contributed by atoms with Crippen molar-refractivity contribution in [1.29, 1.82) is 0 Å². The molecule has 1 amide bonds. The average Bonchev–Trinajstić information content (AvgIpc) is 3.00. The molecule has 1 saturated heterocycles. The van der Waals surface area contributed by atoms with E-state index in [-0.39, 0.29) is 11.3 Å². The third-order valence-electron chi connectivity index (χ3n) is 4.60. The zero-order valence-corrected chi connectivity index (χ0v) is 14.6. The molecule has 0 aliphatic carbocycles. The van der Waals surface area contributed by atoms with Crippen LogP contribution in [0.1, 0.15) is 17.2 Å². The van der Waals surface area contributed by atoms with Crippen molar-refractivity contribution in [3.05, 3.63) is 102 Å². The summed E-state index contributed by atoms with van der Waals surface area (Å²) < 4.78 is 13.4. The number of ketones is 1. The summed E-state index contributed by atoms with van der Waals surface area (Å²) in [6.45, 7) is 0. The normalized spacial score (nSPS) is 18.5. The maximum atomic E-state index is 13.4. The smallest absolute Gasteiger partial charge is 0.300 e. The van der Waals surface area contributed by atoms with Gasteiger partial charge in [-0.3, -0.25) is 19.5 Å². The average molecular weight is 374 g/mol. The topological polar surface area (TPSA) is 70.5 Å². The van der Waals surface area contributed by atoms with E-state index in [2.05, 4.69) is 4.98 Å². The molecule has 1 aromatic heterocycles. The lowest BCUT2D eigenvalue weighted by atomic mass is 9.95. The molecule has 0 spiro atoms. The molecule has 3 aromatic rings. The number of aliphatic hydroxyl groups is 1. The Morgan fingerprint density at radius 3 is 2.32 bits per heavy atom. The van der Waals surface area contributed by atoms with Gasteiger partial charge in [0.15, 0.2) is 0 Å². The number of pyridine rings is 1. The summed E-state index contributed by atoms with van der Waals surface area (Å²) in [5.74, 6) is -2.30. The molecule has 0 saturated carbocycles. The van der Waals surface area contributed by atoms with E-state index in [1.807, 2.05) is 0 Å². The van der Waals surface area contributed by atoms with Crippen molar-refractivity contribution in [3.8, 4) is 0 Å². The first-order chi connectivity index (χ1) is 13.6. The molecular formula is C22H15FN2O3. The van der Waals surface area contributed by atoms with Crippen molar-refractivity contribution in [2.45, 2.75) is 6.04 Å². The molecule has 1 N–H and O–H groups in total. The van der Waals surface area contributed by atoms with Gasteiger partial charge in [-0.15, -0.1) is 0 Å². The Kier molecular flexibility index (Phi) is 4.45. The highest BCUT2D eigenvalue weighted by Gasteiger charge is 2.47. The minimum absolute atomic E-state index is 0.0494. The Balaban J connectivity index is 1.95. The van der Waals surface area contributed by atoms with Gasteiger partial charge in [0.05, 0.1) is 23.5 Å². The van der Waals surface area contributed by atoms with E-state index in [1.54, 1.807) is 48.7 Å².